The van der Waals surface area contributed by atoms with Gasteiger partial charge in [-0.1, -0.05) is 42.5 Å². The molecule has 1 aliphatic rings. The second-order valence-electron chi connectivity index (χ2n) is 5.97. The van der Waals surface area contributed by atoms with Crippen molar-refractivity contribution in [2.24, 2.45) is 5.73 Å². The smallest absolute Gasteiger partial charge is 0.126 e. The normalized spacial score (nSPS) is 21.5. The summed E-state index contributed by atoms with van der Waals surface area (Å²) in [6, 6.07) is 17.5. The topological polar surface area (TPSA) is 47.3 Å². The summed E-state index contributed by atoms with van der Waals surface area (Å²) in [5.41, 5.74) is 9.88. The van der Waals surface area contributed by atoms with Gasteiger partial charge >= 0.3 is 0 Å². The van der Waals surface area contributed by atoms with Crippen LogP contribution in [0.15, 0.2) is 48.5 Å². The molecule has 116 valence electrons. The quantitative estimate of drug-likeness (QED) is 0.912. The molecular weight excluding hydrogens is 272 g/mol. The Morgan fingerprint density at radius 2 is 2.05 bits per heavy atom. The Labute approximate surface area is 132 Å². The van der Waals surface area contributed by atoms with Crippen molar-refractivity contribution in [2.45, 2.75) is 31.3 Å². The minimum Gasteiger partial charge on any atom is -0.496 e. The molecule has 1 saturated heterocycles. The molecule has 0 amide bonds. The summed E-state index contributed by atoms with van der Waals surface area (Å²) in [6.07, 6.45) is 3.27. The third kappa shape index (κ3) is 3.32. The SMILES string of the molecule is COc1ccccc1-c1cccc(CC2NCCCC2N)c1. The van der Waals surface area contributed by atoms with Crippen LogP contribution in [0.1, 0.15) is 18.4 Å². The largest absolute Gasteiger partial charge is 0.496 e. The van der Waals surface area contributed by atoms with E-state index in [9.17, 15) is 0 Å². The standard InChI is InChI=1S/C19H24N2O/c1-22-19-10-3-2-8-16(19)15-7-4-6-14(12-15)13-18-17(20)9-5-11-21-18/h2-4,6-8,10,12,17-18,21H,5,9,11,13,20H2,1H3. The van der Waals surface area contributed by atoms with Crippen molar-refractivity contribution >= 4 is 0 Å². The Bertz CT molecular complexity index is 626. The third-order valence-corrected chi connectivity index (χ3v) is 4.44. The molecule has 0 radical (unpaired) electrons. The number of methoxy groups -OCH3 is 1. The van der Waals surface area contributed by atoms with Crippen LogP contribution < -0.4 is 15.8 Å². The summed E-state index contributed by atoms with van der Waals surface area (Å²) in [6.45, 7) is 1.07. The van der Waals surface area contributed by atoms with E-state index in [1.54, 1.807) is 7.11 Å². The van der Waals surface area contributed by atoms with Crippen molar-refractivity contribution in [1.82, 2.24) is 5.32 Å². The maximum Gasteiger partial charge on any atom is 0.126 e. The number of nitrogens with one attached hydrogen (secondary N) is 1. The highest BCUT2D eigenvalue weighted by molar-refractivity contribution is 5.70. The van der Waals surface area contributed by atoms with E-state index in [-0.39, 0.29) is 6.04 Å². The maximum atomic E-state index is 6.24. The first kappa shape index (κ1) is 15.1. The van der Waals surface area contributed by atoms with Gasteiger partial charge in [-0.15, -0.1) is 0 Å². The maximum absolute atomic E-state index is 6.24. The lowest BCUT2D eigenvalue weighted by molar-refractivity contribution is 0.349. The molecule has 3 nitrogen and oxygen atoms in total. The molecule has 1 aliphatic heterocycles. The molecule has 0 aliphatic carbocycles. The molecule has 2 aromatic rings. The highest BCUT2D eigenvalue weighted by Gasteiger charge is 2.21. The number of rotatable bonds is 4. The van der Waals surface area contributed by atoms with Gasteiger partial charge in [0.2, 0.25) is 0 Å². The molecule has 3 rings (SSSR count). The molecule has 3 heteroatoms. The van der Waals surface area contributed by atoms with Crippen molar-refractivity contribution in [3.63, 3.8) is 0 Å². The molecule has 0 aromatic heterocycles. The van der Waals surface area contributed by atoms with E-state index in [2.05, 4.69) is 35.6 Å². The number of piperidine rings is 1. The minimum atomic E-state index is 0.253. The predicted octanol–water partition coefficient (Wildman–Crippen LogP) is 2.98. The second kappa shape index (κ2) is 6.95. The van der Waals surface area contributed by atoms with Crippen LogP contribution in [0, 0.1) is 0 Å². The first-order chi connectivity index (χ1) is 10.8. The lowest BCUT2D eigenvalue weighted by Crippen LogP contribution is -2.50. The molecule has 0 saturated carbocycles. The van der Waals surface area contributed by atoms with Crippen molar-refractivity contribution in [2.75, 3.05) is 13.7 Å². The number of hydrogen-bond acceptors (Lipinski definition) is 3. The molecule has 3 N–H and O–H groups in total. The van der Waals surface area contributed by atoms with Crippen molar-refractivity contribution < 1.29 is 4.74 Å². The van der Waals surface area contributed by atoms with E-state index in [1.807, 2.05) is 18.2 Å². The number of nitrogens with two attached hydrogens (primary N) is 1. The Balaban J connectivity index is 1.83. The summed E-state index contributed by atoms with van der Waals surface area (Å²) < 4.78 is 5.47. The Hall–Kier alpha value is -1.84. The first-order valence-corrected chi connectivity index (χ1v) is 7.99. The average Bonchev–Trinajstić information content (AvgIpc) is 2.57. The van der Waals surface area contributed by atoms with E-state index in [0.29, 0.717) is 6.04 Å². The highest BCUT2D eigenvalue weighted by Crippen LogP contribution is 2.30. The van der Waals surface area contributed by atoms with Crippen molar-refractivity contribution in [1.29, 1.82) is 0 Å². The zero-order valence-corrected chi connectivity index (χ0v) is 13.1. The zero-order chi connectivity index (χ0) is 15.4. The first-order valence-electron chi connectivity index (χ1n) is 7.99. The fourth-order valence-electron chi connectivity index (χ4n) is 3.20. The minimum absolute atomic E-state index is 0.253. The van der Waals surface area contributed by atoms with Crippen LogP contribution >= 0.6 is 0 Å². The van der Waals surface area contributed by atoms with E-state index < -0.39 is 0 Å². The molecule has 2 unspecified atom stereocenters. The summed E-state index contributed by atoms with van der Waals surface area (Å²) in [5, 5.41) is 3.55. The van der Waals surface area contributed by atoms with Crippen LogP contribution in [0.2, 0.25) is 0 Å². The van der Waals surface area contributed by atoms with Gasteiger partial charge in [0, 0.05) is 17.6 Å². The number of hydrogen-bond donors (Lipinski definition) is 2. The van der Waals surface area contributed by atoms with Gasteiger partial charge in [0.15, 0.2) is 0 Å². The molecule has 1 fully saturated rings. The average molecular weight is 296 g/mol. The number of benzene rings is 2. The second-order valence-corrected chi connectivity index (χ2v) is 5.97. The Morgan fingerprint density at radius 3 is 2.86 bits per heavy atom. The van der Waals surface area contributed by atoms with E-state index in [4.69, 9.17) is 10.5 Å². The molecule has 2 atom stereocenters. The van der Waals surface area contributed by atoms with Crippen LogP contribution in [-0.4, -0.2) is 25.7 Å². The van der Waals surface area contributed by atoms with Crippen LogP contribution in [0.3, 0.4) is 0 Å². The Kier molecular flexibility index (Phi) is 4.76. The van der Waals surface area contributed by atoms with Gasteiger partial charge in [0.25, 0.3) is 0 Å². The molecule has 1 heterocycles. The zero-order valence-electron chi connectivity index (χ0n) is 13.1. The van der Waals surface area contributed by atoms with E-state index >= 15 is 0 Å². The third-order valence-electron chi connectivity index (χ3n) is 4.44. The summed E-state index contributed by atoms with van der Waals surface area (Å²) in [4.78, 5) is 0. The van der Waals surface area contributed by atoms with Crippen LogP contribution in [-0.2, 0) is 6.42 Å². The van der Waals surface area contributed by atoms with Crippen LogP contribution in [0.5, 0.6) is 5.75 Å². The summed E-state index contributed by atoms with van der Waals surface area (Å²) >= 11 is 0. The van der Waals surface area contributed by atoms with Gasteiger partial charge < -0.3 is 15.8 Å². The van der Waals surface area contributed by atoms with E-state index in [0.717, 1.165) is 30.7 Å². The lowest BCUT2D eigenvalue weighted by Gasteiger charge is -2.30. The molecular formula is C19H24N2O. The number of para-hydroxylation sites is 1. The monoisotopic (exact) mass is 296 g/mol. The van der Waals surface area contributed by atoms with Gasteiger partial charge in [-0.05, 0) is 43.0 Å². The number of ether oxygens (including phenoxy) is 1. The van der Waals surface area contributed by atoms with E-state index in [1.165, 1.54) is 17.5 Å². The Morgan fingerprint density at radius 1 is 1.18 bits per heavy atom. The van der Waals surface area contributed by atoms with Gasteiger partial charge in [-0.3, -0.25) is 0 Å². The van der Waals surface area contributed by atoms with Crippen molar-refractivity contribution in [3.05, 3.63) is 54.1 Å². The summed E-state index contributed by atoms with van der Waals surface area (Å²) in [5.74, 6) is 0.909. The fraction of sp³-hybridized carbons (Fsp3) is 0.368. The summed E-state index contributed by atoms with van der Waals surface area (Å²) in [7, 11) is 1.72. The van der Waals surface area contributed by atoms with Crippen LogP contribution in [0.25, 0.3) is 11.1 Å². The highest BCUT2D eigenvalue weighted by atomic mass is 16.5. The molecule has 22 heavy (non-hydrogen) atoms. The van der Waals surface area contributed by atoms with Crippen LogP contribution in [0.4, 0.5) is 0 Å². The lowest BCUT2D eigenvalue weighted by atomic mass is 9.92. The fourth-order valence-corrected chi connectivity index (χ4v) is 3.20. The van der Waals surface area contributed by atoms with Crippen molar-refractivity contribution in [3.8, 4) is 16.9 Å². The molecule has 0 bridgehead atoms. The van der Waals surface area contributed by atoms with Gasteiger partial charge in [0.05, 0.1) is 7.11 Å². The molecule has 2 aromatic carbocycles. The molecule has 0 spiro atoms. The van der Waals surface area contributed by atoms with Gasteiger partial charge in [-0.2, -0.15) is 0 Å². The van der Waals surface area contributed by atoms with Gasteiger partial charge in [-0.25, -0.2) is 0 Å². The van der Waals surface area contributed by atoms with Gasteiger partial charge in [0.1, 0.15) is 5.75 Å². The predicted molar refractivity (Wildman–Crippen MR) is 91.1 cm³/mol.